The normalized spacial score (nSPS) is 11.4. The highest BCUT2D eigenvalue weighted by molar-refractivity contribution is 6.02. The van der Waals surface area contributed by atoms with E-state index in [9.17, 15) is 14.4 Å². The average molecular weight is 278 g/mol. The quantitative estimate of drug-likeness (QED) is 0.607. The molecular weight excluding hydrogens is 264 g/mol. The number of ether oxygens (including phenoxy) is 1. The van der Waals surface area contributed by atoms with E-state index >= 15 is 0 Å². The van der Waals surface area contributed by atoms with Crippen molar-refractivity contribution in [1.29, 1.82) is 0 Å². The van der Waals surface area contributed by atoms with Gasteiger partial charge in [-0.1, -0.05) is 18.7 Å². The second-order valence-corrected chi connectivity index (χ2v) is 4.11. The average Bonchev–Trinajstić information content (AvgIpc) is 2.37. The zero-order valence-electron chi connectivity index (χ0n) is 10.8. The van der Waals surface area contributed by atoms with Gasteiger partial charge in [-0.05, 0) is 18.6 Å². The molecule has 0 fully saturated rings. The summed E-state index contributed by atoms with van der Waals surface area (Å²) in [5.74, 6) is -3.27. The van der Waals surface area contributed by atoms with E-state index in [-0.39, 0.29) is 17.5 Å². The van der Waals surface area contributed by atoms with E-state index in [4.69, 9.17) is 14.9 Å². The Labute approximate surface area is 115 Å². The number of carbonyl (C=O) groups is 3. The van der Waals surface area contributed by atoms with Crippen molar-refractivity contribution in [3.63, 3.8) is 0 Å². The molecule has 1 aromatic carbocycles. The molecule has 6 heteroatoms. The van der Waals surface area contributed by atoms with Crippen molar-refractivity contribution in [2.45, 2.75) is 19.4 Å². The molecule has 1 aromatic rings. The lowest BCUT2D eigenvalue weighted by atomic mass is 9.97. The Kier molecular flexibility index (Phi) is 5.02. The zero-order chi connectivity index (χ0) is 15.3. The number of aromatic carboxylic acids is 2. The van der Waals surface area contributed by atoms with Gasteiger partial charge >= 0.3 is 17.9 Å². The molecule has 106 valence electrons. The Morgan fingerprint density at radius 2 is 1.95 bits per heavy atom. The fourth-order valence-corrected chi connectivity index (χ4v) is 1.80. The van der Waals surface area contributed by atoms with Gasteiger partial charge in [-0.3, -0.25) is 0 Å². The number of benzene rings is 1. The van der Waals surface area contributed by atoms with Crippen molar-refractivity contribution in [2.24, 2.45) is 0 Å². The Morgan fingerprint density at radius 1 is 1.30 bits per heavy atom. The Bertz CT molecular complexity index is 561. The number of esters is 1. The van der Waals surface area contributed by atoms with Crippen molar-refractivity contribution in [3.05, 3.63) is 47.5 Å². The Morgan fingerprint density at radius 3 is 2.45 bits per heavy atom. The minimum Gasteiger partial charge on any atom is -0.478 e. The van der Waals surface area contributed by atoms with E-state index in [1.54, 1.807) is 6.92 Å². The first-order valence-electron chi connectivity index (χ1n) is 5.78. The number of carboxylic acids is 2. The van der Waals surface area contributed by atoms with Crippen molar-refractivity contribution in [3.8, 4) is 0 Å². The third-order valence-electron chi connectivity index (χ3n) is 2.59. The van der Waals surface area contributed by atoms with Gasteiger partial charge in [0.1, 0.15) is 6.10 Å². The Hall–Kier alpha value is -2.63. The first kappa shape index (κ1) is 15.4. The van der Waals surface area contributed by atoms with E-state index in [2.05, 4.69) is 6.58 Å². The molecule has 0 aliphatic heterocycles. The molecule has 2 N–H and O–H groups in total. The molecule has 0 radical (unpaired) electrons. The SMILES string of the molecule is C=CC(=O)OC(C)Cc1cccc(C(=O)O)c1C(=O)O. The molecule has 6 nitrogen and oxygen atoms in total. The van der Waals surface area contributed by atoms with E-state index < -0.39 is 24.0 Å². The summed E-state index contributed by atoms with van der Waals surface area (Å²) in [6, 6.07) is 4.16. The second kappa shape index (κ2) is 6.51. The van der Waals surface area contributed by atoms with Crippen LogP contribution in [0.15, 0.2) is 30.9 Å². The number of hydrogen-bond acceptors (Lipinski definition) is 4. The smallest absolute Gasteiger partial charge is 0.336 e. The van der Waals surface area contributed by atoms with Crippen molar-refractivity contribution in [1.82, 2.24) is 0 Å². The van der Waals surface area contributed by atoms with Crippen LogP contribution in [0.5, 0.6) is 0 Å². The fraction of sp³-hybridized carbons (Fsp3) is 0.214. The Balaban J connectivity index is 3.09. The van der Waals surface area contributed by atoms with Gasteiger partial charge in [0.15, 0.2) is 0 Å². The van der Waals surface area contributed by atoms with Crippen LogP contribution in [-0.2, 0) is 16.0 Å². The van der Waals surface area contributed by atoms with Crippen molar-refractivity contribution >= 4 is 17.9 Å². The number of hydrogen-bond donors (Lipinski definition) is 2. The van der Waals surface area contributed by atoms with Crippen LogP contribution in [0.1, 0.15) is 33.2 Å². The van der Waals surface area contributed by atoms with Crippen LogP contribution in [-0.4, -0.2) is 34.2 Å². The highest BCUT2D eigenvalue weighted by atomic mass is 16.5. The van der Waals surface area contributed by atoms with Crippen molar-refractivity contribution in [2.75, 3.05) is 0 Å². The van der Waals surface area contributed by atoms with Gasteiger partial charge in [0.2, 0.25) is 0 Å². The minimum absolute atomic E-state index is 0.0995. The van der Waals surface area contributed by atoms with E-state index in [1.165, 1.54) is 18.2 Å². The lowest BCUT2D eigenvalue weighted by molar-refractivity contribution is -0.142. The van der Waals surface area contributed by atoms with Crippen molar-refractivity contribution < 1.29 is 29.3 Å². The molecule has 0 aliphatic rings. The summed E-state index contributed by atoms with van der Waals surface area (Å²) in [6.45, 7) is 4.84. The topological polar surface area (TPSA) is 101 Å². The van der Waals surface area contributed by atoms with Gasteiger partial charge in [0, 0.05) is 12.5 Å². The summed E-state index contributed by atoms with van der Waals surface area (Å²) in [4.78, 5) is 33.3. The van der Waals surface area contributed by atoms with Gasteiger partial charge in [0.05, 0.1) is 11.1 Å². The third kappa shape index (κ3) is 3.68. The van der Waals surface area contributed by atoms with E-state index in [1.807, 2.05) is 0 Å². The maximum absolute atomic E-state index is 11.2. The largest absolute Gasteiger partial charge is 0.478 e. The summed E-state index contributed by atoms with van der Waals surface area (Å²) >= 11 is 0. The minimum atomic E-state index is -1.33. The zero-order valence-corrected chi connectivity index (χ0v) is 10.8. The van der Waals surface area contributed by atoms with Crippen LogP contribution < -0.4 is 0 Å². The van der Waals surface area contributed by atoms with Crippen LogP contribution >= 0.6 is 0 Å². The molecule has 0 aromatic heterocycles. The third-order valence-corrected chi connectivity index (χ3v) is 2.59. The predicted octanol–water partition coefficient (Wildman–Crippen LogP) is 1.74. The van der Waals surface area contributed by atoms with Gasteiger partial charge in [-0.15, -0.1) is 0 Å². The summed E-state index contributed by atoms with van der Waals surface area (Å²) in [5, 5.41) is 18.1. The maximum Gasteiger partial charge on any atom is 0.336 e. The molecule has 0 spiro atoms. The summed E-state index contributed by atoms with van der Waals surface area (Å²) in [7, 11) is 0. The number of carboxylic acid groups (broad SMARTS) is 2. The first-order chi connectivity index (χ1) is 9.36. The molecule has 0 amide bonds. The molecule has 20 heavy (non-hydrogen) atoms. The highest BCUT2D eigenvalue weighted by Gasteiger charge is 2.21. The molecule has 1 unspecified atom stereocenters. The lowest BCUT2D eigenvalue weighted by Crippen LogP contribution is -2.19. The van der Waals surface area contributed by atoms with Gasteiger partial charge in [-0.2, -0.15) is 0 Å². The standard InChI is InChI=1S/C14H14O6/c1-3-11(15)20-8(2)7-9-5-4-6-10(13(16)17)12(9)14(18)19/h3-6,8H,1,7H2,2H3,(H,16,17)(H,18,19). The number of rotatable bonds is 6. The summed E-state index contributed by atoms with van der Waals surface area (Å²) in [5.41, 5.74) is -0.291. The fourth-order valence-electron chi connectivity index (χ4n) is 1.80. The van der Waals surface area contributed by atoms with Gasteiger partial charge in [-0.25, -0.2) is 14.4 Å². The summed E-state index contributed by atoms with van der Waals surface area (Å²) in [6.07, 6.45) is 0.507. The van der Waals surface area contributed by atoms with E-state index in [0.29, 0.717) is 5.56 Å². The first-order valence-corrected chi connectivity index (χ1v) is 5.78. The summed E-state index contributed by atoms with van der Waals surface area (Å²) < 4.78 is 4.94. The maximum atomic E-state index is 11.2. The molecule has 0 aliphatic carbocycles. The van der Waals surface area contributed by atoms with Crippen LogP contribution in [0.25, 0.3) is 0 Å². The second-order valence-electron chi connectivity index (χ2n) is 4.11. The van der Waals surface area contributed by atoms with Crippen LogP contribution in [0, 0.1) is 0 Å². The van der Waals surface area contributed by atoms with Gasteiger partial charge in [0.25, 0.3) is 0 Å². The van der Waals surface area contributed by atoms with Crippen LogP contribution in [0.2, 0.25) is 0 Å². The highest BCUT2D eigenvalue weighted by Crippen LogP contribution is 2.18. The lowest BCUT2D eigenvalue weighted by Gasteiger charge is -2.14. The molecular formula is C14H14O6. The van der Waals surface area contributed by atoms with Crippen LogP contribution in [0.3, 0.4) is 0 Å². The molecule has 0 bridgehead atoms. The molecule has 0 heterocycles. The predicted molar refractivity (Wildman–Crippen MR) is 69.8 cm³/mol. The molecule has 1 atom stereocenters. The molecule has 0 saturated heterocycles. The molecule has 1 rings (SSSR count). The van der Waals surface area contributed by atoms with Crippen LogP contribution in [0.4, 0.5) is 0 Å². The monoisotopic (exact) mass is 278 g/mol. The van der Waals surface area contributed by atoms with Gasteiger partial charge < -0.3 is 14.9 Å². The number of carbonyl (C=O) groups excluding carboxylic acids is 1. The molecule has 0 saturated carbocycles. The van der Waals surface area contributed by atoms with E-state index in [0.717, 1.165) is 6.08 Å².